The first-order valence-corrected chi connectivity index (χ1v) is 13.4. The van der Waals surface area contributed by atoms with E-state index in [-0.39, 0.29) is 0 Å². The third-order valence-electron chi connectivity index (χ3n) is 7.52. The molecule has 7 nitrogen and oxygen atoms in total. The lowest BCUT2D eigenvalue weighted by molar-refractivity contribution is 0.109. The van der Waals surface area contributed by atoms with E-state index in [1.807, 2.05) is 0 Å². The van der Waals surface area contributed by atoms with Crippen LogP contribution in [0.3, 0.4) is 0 Å². The van der Waals surface area contributed by atoms with Crippen molar-refractivity contribution in [1.29, 1.82) is 0 Å². The smallest absolute Gasteiger partial charge is 0.157 e. The molecule has 0 saturated carbocycles. The second-order valence-corrected chi connectivity index (χ2v) is 9.74. The van der Waals surface area contributed by atoms with E-state index in [0.717, 1.165) is 0 Å². The van der Waals surface area contributed by atoms with E-state index < -0.39 is 11.2 Å². The highest BCUT2D eigenvalue weighted by atomic mass is 16.5. The molecule has 0 fully saturated rings. The summed E-state index contributed by atoms with van der Waals surface area (Å²) in [5, 5.41) is 25.1. The summed E-state index contributed by atoms with van der Waals surface area (Å²) in [7, 11) is 6.37. The van der Waals surface area contributed by atoms with Gasteiger partial charge in [0.2, 0.25) is 0 Å². The highest BCUT2D eigenvalue weighted by Gasteiger charge is 2.40. The van der Waals surface area contributed by atoms with Crippen LogP contribution < -0.4 is 18.9 Å². The quantitative estimate of drug-likeness (QED) is 0.226. The number of ether oxygens (including phenoxy) is 4. The van der Waals surface area contributed by atoms with E-state index in [2.05, 4.69) is 0 Å². The molecule has 42 heavy (non-hydrogen) atoms. The van der Waals surface area contributed by atoms with E-state index in [1.165, 1.54) is 0 Å². The van der Waals surface area contributed by atoms with Gasteiger partial charge < -0.3 is 29.2 Å². The molecule has 4 aromatic carbocycles. The van der Waals surface area contributed by atoms with Crippen LogP contribution in [-0.4, -0.2) is 43.6 Å². The molecule has 1 heterocycles. The number of hydrogen-bond donors (Lipinski definition) is 2. The first-order chi connectivity index (χ1) is 20.4. The van der Waals surface area contributed by atoms with Crippen LogP contribution in [0, 0.1) is 0 Å². The largest absolute Gasteiger partial charge is 0.497 e. The molecule has 0 spiro atoms. The minimum Gasteiger partial charge on any atom is -0.497 e. The van der Waals surface area contributed by atoms with Gasteiger partial charge >= 0.3 is 0 Å². The van der Waals surface area contributed by atoms with Crippen LogP contribution in [0.15, 0.2) is 115 Å². The van der Waals surface area contributed by atoms with Crippen LogP contribution >= 0.6 is 0 Å². The monoisotopic (exact) mass is 563 g/mol. The number of aliphatic hydroxyl groups is 2. The Kier molecular flexibility index (Phi) is 8.15. The standard InChI is InChI=1S/C35H33NO6/c1-39-28-16-8-24(9-17-28)34(37,25-10-18-29(40-2)19-11-25)32-6-5-7-33(36-32)35(38,26-12-20-30(41-3)21-13-26)27-14-22-31(42-4)23-15-27/h5-23,37-38H,1-4H3. The molecule has 0 aliphatic carbocycles. The summed E-state index contributed by atoms with van der Waals surface area (Å²) < 4.78 is 21.4. The third kappa shape index (κ3) is 5.16. The second kappa shape index (κ2) is 11.9. The van der Waals surface area contributed by atoms with Crippen molar-refractivity contribution in [2.45, 2.75) is 11.2 Å². The van der Waals surface area contributed by atoms with Crippen molar-refractivity contribution in [3.05, 3.63) is 149 Å². The normalized spacial score (nSPS) is 11.6. The van der Waals surface area contributed by atoms with Gasteiger partial charge in [-0.25, -0.2) is 0 Å². The molecule has 5 aromatic rings. The minimum atomic E-state index is -1.67. The lowest BCUT2D eigenvalue weighted by atomic mass is 9.80. The zero-order chi connectivity index (χ0) is 29.7. The zero-order valence-corrected chi connectivity index (χ0v) is 23.9. The topological polar surface area (TPSA) is 90.3 Å². The summed E-state index contributed by atoms with van der Waals surface area (Å²) in [6, 6.07) is 34.0. The maximum atomic E-state index is 12.6. The van der Waals surface area contributed by atoms with Gasteiger partial charge in [-0.15, -0.1) is 0 Å². The average Bonchev–Trinajstić information content (AvgIpc) is 3.07. The molecule has 0 aliphatic heterocycles. The second-order valence-electron chi connectivity index (χ2n) is 9.74. The fourth-order valence-electron chi connectivity index (χ4n) is 5.09. The molecular weight excluding hydrogens is 530 g/mol. The van der Waals surface area contributed by atoms with Crippen LogP contribution in [0.5, 0.6) is 23.0 Å². The molecule has 1 aromatic heterocycles. The summed E-state index contributed by atoms with van der Waals surface area (Å²) in [6.45, 7) is 0. The Labute approximate surface area is 245 Å². The number of nitrogens with zero attached hydrogens (tertiary/aromatic N) is 1. The SMILES string of the molecule is COc1ccc(C(O)(c2ccc(OC)cc2)c2cccc(C(O)(c3ccc(OC)cc3)c3ccc(OC)cc3)n2)cc1. The Hall–Kier alpha value is -4.85. The number of hydrogen-bond acceptors (Lipinski definition) is 7. The van der Waals surface area contributed by atoms with E-state index >= 15 is 0 Å². The fraction of sp³-hybridized carbons (Fsp3) is 0.171. The average molecular weight is 564 g/mol. The highest BCUT2D eigenvalue weighted by molar-refractivity contribution is 5.51. The Balaban J connectivity index is 1.72. The highest BCUT2D eigenvalue weighted by Crippen LogP contribution is 2.41. The molecule has 5 rings (SSSR count). The number of rotatable bonds is 10. The molecule has 214 valence electrons. The Morgan fingerprint density at radius 1 is 0.405 bits per heavy atom. The van der Waals surface area contributed by atoms with E-state index in [0.29, 0.717) is 56.6 Å². The first-order valence-electron chi connectivity index (χ1n) is 13.4. The number of benzene rings is 4. The van der Waals surface area contributed by atoms with Crippen molar-refractivity contribution < 1.29 is 29.2 Å². The summed E-state index contributed by atoms with van der Waals surface area (Å²) in [5.74, 6) is 2.63. The third-order valence-corrected chi connectivity index (χ3v) is 7.52. The molecule has 0 saturated heterocycles. The Morgan fingerprint density at radius 3 is 0.857 bits per heavy atom. The van der Waals surface area contributed by atoms with Crippen LogP contribution in [-0.2, 0) is 11.2 Å². The summed E-state index contributed by atoms with van der Waals surface area (Å²) in [5.41, 5.74) is -0.367. The van der Waals surface area contributed by atoms with Gasteiger partial charge in [-0.2, -0.15) is 0 Å². The number of aromatic nitrogens is 1. The number of methoxy groups -OCH3 is 4. The predicted molar refractivity (Wildman–Crippen MR) is 160 cm³/mol. The Morgan fingerprint density at radius 2 is 0.643 bits per heavy atom. The molecule has 7 heteroatoms. The van der Waals surface area contributed by atoms with Gasteiger partial charge in [-0.05, 0) is 82.9 Å². The van der Waals surface area contributed by atoms with Gasteiger partial charge in [0.15, 0.2) is 11.2 Å². The van der Waals surface area contributed by atoms with Gasteiger partial charge in [0.1, 0.15) is 23.0 Å². The molecule has 0 aliphatic rings. The van der Waals surface area contributed by atoms with Crippen LogP contribution in [0.25, 0.3) is 0 Å². The van der Waals surface area contributed by atoms with Gasteiger partial charge in [0.05, 0.1) is 39.8 Å². The van der Waals surface area contributed by atoms with Crippen molar-refractivity contribution in [2.24, 2.45) is 0 Å². The van der Waals surface area contributed by atoms with Gasteiger partial charge in [-0.1, -0.05) is 54.6 Å². The maximum Gasteiger partial charge on any atom is 0.157 e. The Bertz CT molecular complexity index is 1400. The molecule has 0 bridgehead atoms. The fourth-order valence-corrected chi connectivity index (χ4v) is 5.09. The van der Waals surface area contributed by atoms with Crippen molar-refractivity contribution in [2.75, 3.05) is 28.4 Å². The predicted octanol–water partition coefficient (Wildman–Crippen LogP) is 5.68. The summed E-state index contributed by atoms with van der Waals surface area (Å²) in [4.78, 5) is 4.97. The summed E-state index contributed by atoms with van der Waals surface area (Å²) >= 11 is 0. The van der Waals surface area contributed by atoms with Crippen LogP contribution in [0.1, 0.15) is 33.6 Å². The van der Waals surface area contributed by atoms with Gasteiger partial charge in [-0.3, -0.25) is 4.98 Å². The van der Waals surface area contributed by atoms with Crippen molar-refractivity contribution in [3.63, 3.8) is 0 Å². The molecule has 0 atom stereocenters. The van der Waals surface area contributed by atoms with Gasteiger partial charge in [0.25, 0.3) is 0 Å². The van der Waals surface area contributed by atoms with Crippen molar-refractivity contribution in [1.82, 2.24) is 4.98 Å². The minimum absolute atomic E-state index is 0.329. The van der Waals surface area contributed by atoms with Crippen LogP contribution in [0.2, 0.25) is 0 Å². The van der Waals surface area contributed by atoms with Crippen LogP contribution in [0.4, 0.5) is 0 Å². The van der Waals surface area contributed by atoms with Gasteiger partial charge in [0, 0.05) is 0 Å². The summed E-state index contributed by atoms with van der Waals surface area (Å²) in [6.07, 6.45) is 0. The molecule has 0 unspecified atom stereocenters. The first kappa shape index (κ1) is 28.7. The van der Waals surface area contributed by atoms with Crippen molar-refractivity contribution >= 4 is 0 Å². The lowest BCUT2D eigenvalue weighted by Crippen LogP contribution is -2.34. The molecule has 0 radical (unpaired) electrons. The zero-order valence-electron chi connectivity index (χ0n) is 23.9. The molecular formula is C35H33NO6. The number of pyridine rings is 1. The lowest BCUT2D eigenvalue weighted by Gasteiger charge is -2.33. The van der Waals surface area contributed by atoms with Crippen molar-refractivity contribution in [3.8, 4) is 23.0 Å². The molecule has 2 N–H and O–H groups in total. The van der Waals surface area contributed by atoms with E-state index in [4.69, 9.17) is 23.9 Å². The molecule has 0 amide bonds. The maximum absolute atomic E-state index is 12.6. The van der Waals surface area contributed by atoms with E-state index in [9.17, 15) is 10.2 Å². The van der Waals surface area contributed by atoms with E-state index in [1.54, 1.807) is 144 Å².